The molecule has 0 heterocycles. The topological polar surface area (TPSA) is 75.6 Å². The lowest BCUT2D eigenvalue weighted by atomic mass is 10.1. The van der Waals surface area contributed by atoms with E-state index < -0.39 is 10.1 Å². The molecule has 1 aromatic carbocycles. The van der Waals surface area contributed by atoms with Crippen LogP contribution in [-0.2, 0) is 10.1 Å². The summed E-state index contributed by atoms with van der Waals surface area (Å²) in [5, 5.41) is 3.19. The molecule has 0 aromatic heterocycles. The average molecular weight is 273 g/mol. The quantitative estimate of drug-likeness (QED) is 0.583. The predicted octanol–water partition coefficient (Wildman–Crippen LogP) is 1.62. The van der Waals surface area contributed by atoms with Crippen LogP contribution >= 0.6 is 0 Å². The molecule has 0 spiro atoms. The third-order valence-corrected chi connectivity index (χ3v) is 3.43. The molecule has 0 aliphatic rings. The first-order chi connectivity index (χ1) is 8.42. The van der Waals surface area contributed by atoms with Crippen molar-refractivity contribution in [3.05, 3.63) is 29.8 Å². The molecule has 1 aromatic rings. The molecule has 0 unspecified atom stereocenters. The van der Waals surface area contributed by atoms with E-state index in [-0.39, 0.29) is 11.8 Å². The van der Waals surface area contributed by atoms with Gasteiger partial charge in [0, 0.05) is 6.04 Å². The van der Waals surface area contributed by atoms with Gasteiger partial charge < -0.3 is 10.1 Å². The summed E-state index contributed by atoms with van der Waals surface area (Å²) in [5.74, 6) is 0.573. The summed E-state index contributed by atoms with van der Waals surface area (Å²) < 4.78 is 34.8. The molecular weight excluding hydrogens is 254 g/mol. The summed E-state index contributed by atoms with van der Waals surface area (Å²) in [7, 11) is -2.24. The maximum absolute atomic E-state index is 10.5. The lowest BCUT2D eigenvalue weighted by Crippen LogP contribution is -2.21. The van der Waals surface area contributed by atoms with Crippen molar-refractivity contribution in [2.75, 3.05) is 19.4 Å². The van der Waals surface area contributed by atoms with Crippen molar-refractivity contribution in [1.29, 1.82) is 0 Å². The maximum Gasteiger partial charge on any atom is 0.264 e. The number of hydrogen-bond donors (Lipinski definition) is 2. The molecule has 0 radical (unpaired) electrons. The van der Waals surface area contributed by atoms with E-state index in [0.29, 0.717) is 13.0 Å². The highest BCUT2D eigenvalue weighted by atomic mass is 32.2. The second-order valence-corrected chi connectivity index (χ2v) is 5.66. The monoisotopic (exact) mass is 273 g/mol. The van der Waals surface area contributed by atoms with Gasteiger partial charge in [-0.3, -0.25) is 4.55 Å². The molecule has 0 amide bonds. The van der Waals surface area contributed by atoms with E-state index in [4.69, 9.17) is 9.29 Å². The largest absolute Gasteiger partial charge is 0.497 e. The van der Waals surface area contributed by atoms with Crippen molar-refractivity contribution in [2.45, 2.75) is 19.4 Å². The average Bonchev–Trinajstić information content (AvgIpc) is 2.33. The highest BCUT2D eigenvalue weighted by molar-refractivity contribution is 7.85. The Hall–Kier alpha value is -1.11. The maximum atomic E-state index is 10.5. The standard InChI is InChI=1S/C12H19NO4S/c1-10(13-7-4-8-18(14,15)16)11-5-3-6-12(9-11)17-2/h3,5-6,9-10,13H,4,7-8H2,1-2H3,(H,14,15,16)/t10-/m1/s1. The Morgan fingerprint density at radius 3 is 2.78 bits per heavy atom. The highest BCUT2D eigenvalue weighted by Crippen LogP contribution is 2.18. The van der Waals surface area contributed by atoms with Crippen LogP contribution in [0.4, 0.5) is 0 Å². The molecule has 1 rings (SSSR count). The van der Waals surface area contributed by atoms with Crippen LogP contribution in [0.15, 0.2) is 24.3 Å². The van der Waals surface area contributed by atoms with Gasteiger partial charge in [-0.05, 0) is 37.6 Å². The summed E-state index contributed by atoms with van der Waals surface area (Å²) >= 11 is 0. The Kier molecular flexibility index (Phi) is 5.58. The number of benzene rings is 1. The van der Waals surface area contributed by atoms with Crippen molar-refractivity contribution < 1.29 is 17.7 Å². The first kappa shape index (κ1) is 14.9. The van der Waals surface area contributed by atoms with Crippen LogP contribution in [0.5, 0.6) is 5.75 Å². The zero-order valence-corrected chi connectivity index (χ0v) is 11.4. The van der Waals surface area contributed by atoms with Gasteiger partial charge in [-0.1, -0.05) is 12.1 Å². The molecule has 0 aliphatic carbocycles. The summed E-state index contributed by atoms with van der Waals surface area (Å²) in [6, 6.07) is 7.78. The lowest BCUT2D eigenvalue weighted by Gasteiger charge is -2.14. The SMILES string of the molecule is COc1cccc([C@@H](C)NCCCS(=O)(=O)O)c1. The van der Waals surface area contributed by atoms with Crippen LogP contribution in [0.3, 0.4) is 0 Å². The van der Waals surface area contributed by atoms with Gasteiger partial charge in [0.05, 0.1) is 12.9 Å². The van der Waals surface area contributed by atoms with Gasteiger partial charge in [0.15, 0.2) is 0 Å². The summed E-state index contributed by atoms with van der Waals surface area (Å²) in [5.41, 5.74) is 1.07. The second-order valence-electron chi connectivity index (χ2n) is 4.09. The van der Waals surface area contributed by atoms with E-state index in [2.05, 4.69) is 5.32 Å². The van der Waals surface area contributed by atoms with Gasteiger partial charge in [0.25, 0.3) is 10.1 Å². The first-order valence-corrected chi connectivity index (χ1v) is 7.36. The molecule has 1 atom stereocenters. The zero-order chi connectivity index (χ0) is 13.6. The third kappa shape index (κ3) is 5.48. The van der Waals surface area contributed by atoms with Crippen molar-refractivity contribution in [2.24, 2.45) is 0 Å². The molecule has 2 N–H and O–H groups in total. The van der Waals surface area contributed by atoms with Gasteiger partial charge in [0.1, 0.15) is 5.75 Å². The molecule has 0 saturated carbocycles. The van der Waals surface area contributed by atoms with Crippen LogP contribution in [-0.4, -0.2) is 32.4 Å². The van der Waals surface area contributed by atoms with Gasteiger partial charge in [-0.15, -0.1) is 0 Å². The van der Waals surface area contributed by atoms with Crippen molar-refractivity contribution in [3.8, 4) is 5.75 Å². The Bertz CT molecular complexity index is 473. The molecule has 6 heteroatoms. The molecule has 18 heavy (non-hydrogen) atoms. The summed E-state index contributed by atoms with van der Waals surface area (Å²) in [6.07, 6.45) is 0.382. The predicted molar refractivity (Wildman–Crippen MR) is 70.4 cm³/mol. The zero-order valence-electron chi connectivity index (χ0n) is 10.6. The molecule has 0 aliphatic heterocycles. The van der Waals surface area contributed by atoms with E-state index in [1.165, 1.54) is 0 Å². The Balaban J connectivity index is 2.42. The summed E-state index contributed by atoms with van der Waals surface area (Å²) in [6.45, 7) is 2.51. The van der Waals surface area contributed by atoms with E-state index in [9.17, 15) is 8.42 Å². The van der Waals surface area contributed by atoms with Gasteiger partial charge in [-0.2, -0.15) is 8.42 Å². The Labute approximate surface area is 108 Å². The molecule has 5 nitrogen and oxygen atoms in total. The molecular formula is C12H19NO4S. The number of ether oxygens (including phenoxy) is 1. The van der Waals surface area contributed by atoms with Gasteiger partial charge >= 0.3 is 0 Å². The smallest absolute Gasteiger partial charge is 0.264 e. The van der Waals surface area contributed by atoms with E-state index in [0.717, 1.165) is 11.3 Å². The third-order valence-electron chi connectivity index (χ3n) is 2.62. The van der Waals surface area contributed by atoms with Crippen molar-refractivity contribution >= 4 is 10.1 Å². The van der Waals surface area contributed by atoms with E-state index >= 15 is 0 Å². The Morgan fingerprint density at radius 2 is 2.17 bits per heavy atom. The van der Waals surface area contributed by atoms with Crippen LogP contribution in [0.25, 0.3) is 0 Å². The minimum atomic E-state index is -3.86. The molecule has 0 fully saturated rings. The van der Waals surface area contributed by atoms with Gasteiger partial charge in [-0.25, -0.2) is 0 Å². The second kappa shape index (κ2) is 6.72. The highest BCUT2D eigenvalue weighted by Gasteiger charge is 2.07. The molecule has 0 bridgehead atoms. The van der Waals surface area contributed by atoms with Crippen LogP contribution in [0.2, 0.25) is 0 Å². The number of hydrogen-bond acceptors (Lipinski definition) is 4. The number of nitrogens with one attached hydrogen (secondary N) is 1. The Morgan fingerprint density at radius 1 is 1.44 bits per heavy atom. The fourth-order valence-electron chi connectivity index (χ4n) is 1.60. The van der Waals surface area contributed by atoms with Crippen LogP contribution < -0.4 is 10.1 Å². The van der Waals surface area contributed by atoms with E-state index in [1.54, 1.807) is 7.11 Å². The lowest BCUT2D eigenvalue weighted by molar-refractivity contribution is 0.413. The fraction of sp³-hybridized carbons (Fsp3) is 0.500. The molecule has 0 saturated heterocycles. The van der Waals surface area contributed by atoms with E-state index in [1.807, 2.05) is 31.2 Å². The number of rotatable bonds is 7. The molecule has 102 valence electrons. The summed E-state index contributed by atoms with van der Waals surface area (Å²) in [4.78, 5) is 0. The van der Waals surface area contributed by atoms with Gasteiger partial charge in [0.2, 0.25) is 0 Å². The fourth-order valence-corrected chi connectivity index (χ4v) is 2.11. The normalized spacial score (nSPS) is 13.3. The minimum Gasteiger partial charge on any atom is -0.497 e. The first-order valence-electron chi connectivity index (χ1n) is 5.75. The minimum absolute atomic E-state index is 0.0986. The van der Waals surface area contributed by atoms with Crippen molar-refractivity contribution in [1.82, 2.24) is 5.32 Å². The van der Waals surface area contributed by atoms with Crippen LogP contribution in [0.1, 0.15) is 24.9 Å². The van der Waals surface area contributed by atoms with Crippen molar-refractivity contribution in [3.63, 3.8) is 0 Å². The number of methoxy groups -OCH3 is 1. The van der Waals surface area contributed by atoms with Crippen LogP contribution in [0, 0.1) is 0 Å².